The van der Waals surface area contributed by atoms with Gasteiger partial charge in [-0.05, 0) is 48.2 Å². The summed E-state index contributed by atoms with van der Waals surface area (Å²) < 4.78 is 5.56. The van der Waals surface area contributed by atoms with Crippen LogP contribution >= 0.6 is 11.3 Å². The Kier molecular flexibility index (Phi) is 6.97. The zero-order valence-corrected chi connectivity index (χ0v) is 17.2. The number of ether oxygens (including phenoxy) is 1. The van der Waals surface area contributed by atoms with E-state index in [0.717, 1.165) is 6.42 Å². The molecule has 2 N–H and O–H groups in total. The fraction of sp³-hybridized carbons (Fsp3) is 0.227. The number of rotatable bonds is 8. The topological polar surface area (TPSA) is 80.3 Å². The maximum absolute atomic E-state index is 12.3. The van der Waals surface area contributed by atoms with Crippen molar-refractivity contribution in [2.45, 2.75) is 26.2 Å². The molecule has 3 aromatic rings. The first-order valence-electron chi connectivity index (χ1n) is 9.38. The summed E-state index contributed by atoms with van der Waals surface area (Å²) in [6.45, 7) is 4.21. The number of amides is 2. The number of hydrogen-bond acceptors (Lipinski definition) is 5. The highest BCUT2D eigenvalue weighted by Gasteiger charge is 2.10. The number of carbonyl (C=O) groups excluding carboxylic acids is 2. The standard InChI is InChI=1S/C22H23N3O3S/c1-3-15(2)16-7-9-19(10-8-16)28-14-20(26)24-18-6-4-5-17(13-18)21(27)25-22-23-11-12-29-22/h4-13,15H,3,14H2,1-2H3,(H,24,26)(H,23,25,27)/t15-/m1/s1. The Labute approximate surface area is 173 Å². The molecule has 3 rings (SSSR count). The zero-order valence-electron chi connectivity index (χ0n) is 16.3. The molecule has 2 amide bonds. The van der Waals surface area contributed by atoms with Crippen molar-refractivity contribution in [3.05, 3.63) is 71.2 Å². The van der Waals surface area contributed by atoms with Crippen molar-refractivity contribution in [1.29, 1.82) is 0 Å². The van der Waals surface area contributed by atoms with Gasteiger partial charge < -0.3 is 10.1 Å². The van der Waals surface area contributed by atoms with Gasteiger partial charge in [-0.1, -0.05) is 32.0 Å². The van der Waals surface area contributed by atoms with E-state index in [-0.39, 0.29) is 18.4 Å². The molecule has 0 spiro atoms. The van der Waals surface area contributed by atoms with Crippen LogP contribution in [-0.4, -0.2) is 23.4 Å². The van der Waals surface area contributed by atoms with Crippen LogP contribution in [0, 0.1) is 0 Å². The molecule has 150 valence electrons. The minimum absolute atomic E-state index is 0.113. The number of hydrogen-bond donors (Lipinski definition) is 2. The number of anilines is 2. The van der Waals surface area contributed by atoms with Crippen molar-refractivity contribution < 1.29 is 14.3 Å². The van der Waals surface area contributed by atoms with Crippen LogP contribution in [0.3, 0.4) is 0 Å². The van der Waals surface area contributed by atoms with Crippen molar-refractivity contribution in [3.63, 3.8) is 0 Å². The highest BCUT2D eigenvalue weighted by molar-refractivity contribution is 7.13. The lowest BCUT2D eigenvalue weighted by molar-refractivity contribution is -0.118. The fourth-order valence-electron chi connectivity index (χ4n) is 2.67. The number of nitrogens with one attached hydrogen (secondary N) is 2. The number of carbonyl (C=O) groups is 2. The summed E-state index contributed by atoms with van der Waals surface area (Å²) in [5.74, 6) is 0.554. The van der Waals surface area contributed by atoms with E-state index in [4.69, 9.17) is 4.74 Å². The van der Waals surface area contributed by atoms with Gasteiger partial charge in [0.05, 0.1) is 0 Å². The molecule has 0 aliphatic rings. The van der Waals surface area contributed by atoms with Gasteiger partial charge in [0.1, 0.15) is 5.75 Å². The highest BCUT2D eigenvalue weighted by Crippen LogP contribution is 2.21. The van der Waals surface area contributed by atoms with Gasteiger partial charge in [-0.2, -0.15) is 0 Å². The second-order valence-electron chi connectivity index (χ2n) is 6.59. The molecular weight excluding hydrogens is 386 g/mol. The summed E-state index contributed by atoms with van der Waals surface area (Å²) in [7, 11) is 0. The summed E-state index contributed by atoms with van der Waals surface area (Å²) in [5, 5.41) is 7.77. The SMILES string of the molecule is CC[C@@H](C)c1ccc(OCC(=O)Nc2cccc(C(=O)Nc3nccs3)c2)cc1. The molecule has 0 aliphatic heterocycles. The van der Waals surface area contributed by atoms with Crippen LogP contribution < -0.4 is 15.4 Å². The third-order valence-corrected chi connectivity index (χ3v) is 5.18. The first-order valence-corrected chi connectivity index (χ1v) is 10.3. The van der Waals surface area contributed by atoms with Crippen molar-refractivity contribution in [1.82, 2.24) is 4.98 Å². The van der Waals surface area contributed by atoms with Gasteiger partial charge in [-0.3, -0.25) is 14.9 Å². The predicted molar refractivity (Wildman–Crippen MR) is 116 cm³/mol. The molecule has 6 nitrogen and oxygen atoms in total. The van der Waals surface area contributed by atoms with Crippen LogP contribution in [0.1, 0.15) is 42.1 Å². The number of benzene rings is 2. The normalized spacial score (nSPS) is 11.5. The van der Waals surface area contributed by atoms with Gasteiger partial charge in [0.25, 0.3) is 11.8 Å². The molecule has 0 saturated carbocycles. The summed E-state index contributed by atoms with van der Waals surface area (Å²) in [4.78, 5) is 28.5. The Hall–Kier alpha value is -3.19. The van der Waals surface area contributed by atoms with Gasteiger partial charge in [-0.15, -0.1) is 11.3 Å². The average Bonchev–Trinajstić information content (AvgIpc) is 3.25. The van der Waals surface area contributed by atoms with E-state index in [2.05, 4.69) is 29.5 Å². The van der Waals surface area contributed by atoms with Crippen molar-refractivity contribution in [2.24, 2.45) is 0 Å². The minimum Gasteiger partial charge on any atom is -0.484 e. The fourth-order valence-corrected chi connectivity index (χ4v) is 3.19. The molecule has 29 heavy (non-hydrogen) atoms. The predicted octanol–water partition coefficient (Wildman–Crippen LogP) is 4.93. The lowest BCUT2D eigenvalue weighted by Gasteiger charge is -2.11. The van der Waals surface area contributed by atoms with Gasteiger partial charge in [0.15, 0.2) is 11.7 Å². The second-order valence-corrected chi connectivity index (χ2v) is 7.48. The third-order valence-electron chi connectivity index (χ3n) is 4.49. The summed E-state index contributed by atoms with van der Waals surface area (Å²) in [5.41, 5.74) is 2.20. The zero-order chi connectivity index (χ0) is 20.6. The van der Waals surface area contributed by atoms with Crippen molar-refractivity contribution >= 4 is 34.0 Å². The van der Waals surface area contributed by atoms with Crippen LogP contribution in [0.25, 0.3) is 0 Å². The Balaban J connectivity index is 1.53. The molecule has 2 aromatic carbocycles. The van der Waals surface area contributed by atoms with E-state index in [1.807, 2.05) is 24.3 Å². The minimum atomic E-state index is -0.298. The Morgan fingerprint density at radius 1 is 1.14 bits per heavy atom. The Bertz CT molecular complexity index is 956. The average molecular weight is 410 g/mol. The Morgan fingerprint density at radius 3 is 2.62 bits per heavy atom. The van der Waals surface area contributed by atoms with E-state index >= 15 is 0 Å². The summed E-state index contributed by atoms with van der Waals surface area (Å²) in [6.07, 6.45) is 2.69. The van der Waals surface area contributed by atoms with Gasteiger partial charge in [-0.25, -0.2) is 4.98 Å². The van der Waals surface area contributed by atoms with E-state index in [9.17, 15) is 9.59 Å². The molecular formula is C22H23N3O3S. The van der Waals surface area contributed by atoms with Crippen LogP contribution in [0.5, 0.6) is 5.75 Å². The molecule has 0 fully saturated rings. The lowest BCUT2D eigenvalue weighted by Crippen LogP contribution is -2.20. The van der Waals surface area contributed by atoms with Crippen LogP contribution in [0.15, 0.2) is 60.1 Å². The number of thiazole rings is 1. The van der Waals surface area contributed by atoms with Gasteiger partial charge >= 0.3 is 0 Å². The number of nitrogens with zero attached hydrogens (tertiary/aromatic N) is 1. The molecule has 1 heterocycles. The van der Waals surface area contributed by atoms with Crippen LogP contribution in [-0.2, 0) is 4.79 Å². The molecule has 0 bridgehead atoms. The van der Waals surface area contributed by atoms with Gasteiger partial charge in [0, 0.05) is 22.8 Å². The van der Waals surface area contributed by atoms with Crippen LogP contribution in [0.4, 0.5) is 10.8 Å². The monoisotopic (exact) mass is 409 g/mol. The lowest BCUT2D eigenvalue weighted by atomic mass is 9.99. The smallest absolute Gasteiger partial charge is 0.262 e. The largest absolute Gasteiger partial charge is 0.484 e. The molecule has 0 unspecified atom stereocenters. The highest BCUT2D eigenvalue weighted by atomic mass is 32.1. The first kappa shape index (κ1) is 20.5. The molecule has 1 atom stereocenters. The molecule has 7 heteroatoms. The molecule has 1 aromatic heterocycles. The van der Waals surface area contributed by atoms with Crippen molar-refractivity contribution in [3.8, 4) is 5.75 Å². The van der Waals surface area contributed by atoms with Crippen molar-refractivity contribution in [2.75, 3.05) is 17.2 Å². The molecule has 0 saturated heterocycles. The van der Waals surface area contributed by atoms with E-state index < -0.39 is 0 Å². The summed E-state index contributed by atoms with van der Waals surface area (Å²) in [6, 6.07) is 14.5. The molecule has 0 aliphatic carbocycles. The number of aromatic nitrogens is 1. The quantitative estimate of drug-likeness (QED) is 0.553. The first-order chi connectivity index (χ1) is 14.0. The second kappa shape index (κ2) is 9.84. The van der Waals surface area contributed by atoms with Gasteiger partial charge in [0.2, 0.25) is 0 Å². The molecule has 0 radical (unpaired) electrons. The van der Waals surface area contributed by atoms with E-state index in [0.29, 0.717) is 28.0 Å². The maximum atomic E-state index is 12.3. The van der Waals surface area contributed by atoms with Crippen LogP contribution in [0.2, 0.25) is 0 Å². The third kappa shape index (κ3) is 5.89. The Morgan fingerprint density at radius 2 is 1.93 bits per heavy atom. The summed E-state index contributed by atoms with van der Waals surface area (Å²) >= 11 is 1.34. The van der Waals surface area contributed by atoms with E-state index in [1.54, 1.807) is 35.8 Å². The maximum Gasteiger partial charge on any atom is 0.262 e. The van der Waals surface area contributed by atoms with E-state index in [1.165, 1.54) is 16.9 Å².